The summed E-state index contributed by atoms with van der Waals surface area (Å²) in [6.45, 7) is 11.8. The molecule has 1 atom stereocenters. The van der Waals surface area contributed by atoms with Crippen LogP contribution in [0.5, 0.6) is 0 Å². The largest absolute Gasteiger partial charge is 0.465 e. The second-order valence-electron chi connectivity index (χ2n) is 14.3. The van der Waals surface area contributed by atoms with Crippen molar-refractivity contribution in [3.05, 3.63) is 58.7 Å². The zero-order valence-electron chi connectivity index (χ0n) is 35.0. The summed E-state index contributed by atoms with van der Waals surface area (Å²) in [5.41, 5.74) is 3.46. The Morgan fingerprint density at radius 2 is 1.21 bits per heavy atom. The monoisotopic (exact) mass is 808 g/mol. The number of amides is 2. The Bertz CT molecular complexity index is 1720. The summed E-state index contributed by atoms with van der Waals surface area (Å²) in [5.74, 6) is -7.27. The number of esters is 3. The third kappa shape index (κ3) is 17.0. The molecule has 0 saturated carbocycles. The molecule has 0 aliphatic rings. The lowest BCUT2D eigenvalue weighted by Crippen LogP contribution is -2.36. The van der Waals surface area contributed by atoms with Crippen LogP contribution in [0.1, 0.15) is 108 Å². The molecule has 14 nitrogen and oxygen atoms in total. The smallest absolute Gasteiger partial charge is 0.411 e. The van der Waals surface area contributed by atoms with Gasteiger partial charge in [0.25, 0.3) is 0 Å². The molecule has 0 aliphatic carbocycles. The Morgan fingerprint density at radius 1 is 0.621 bits per heavy atom. The zero-order chi connectivity index (χ0) is 43.2. The molecule has 2 rings (SSSR count). The number of unbranched alkanes of at least 4 members (excludes halogenated alkanes) is 3. The van der Waals surface area contributed by atoms with Crippen LogP contribution < -0.4 is 10.6 Å². The fraction of sp³-hybridized carbons (Fsp3) is 0.545. The predicted molar refractivity (Wildman–Crippen MR) is 217 cm³/mol. The Kier molecular flexibility index (Phi) is 21.7. The van der Waals surface area contributed by atoms with E-state index in [0.29, 0.717) is 47.0 Å². The van der Waals surface area contributed by atoms with Gasteiger partial charge in [-0.1, -0.05) is 63.3 Å². The molecule has 2 N–H and O–H groups in total. The predicted octanol–water partition coefficient (Wildman–Crippen LogP) is 6.98. The minimum Gasteiger partial charge on any atom is -0.465 e. The molecular formula is C44H60N2O12. The number of benzene rings is 2. The van der Waals surface area contributed by atoms with E-state index in [9.17, 15) is 38.4 Å². The number of rotatable bonds is 26. The van der Waals surface area contributed by atoms with Gasteiger partial charge in [0, 0.05) is 17.8 Å². The van der Waals surface area contributed by atoms with Gasteiger partial charge in [-0.15, -0.1) is 0 Å². The number of anilines is 2. The SMILES string of the molecule is CCOC(=O)C(C(=O)Cc1cc(CC(=O)OCCCCC(CC)CCCCCOC(=O)Nc2ccc(C)c(NC(=O)C(C(C)=O)C(C)=O)c2)ccc1C)C(=O)OCC. The summed E-state index contributed by atoms with van der Waals surface area (Å²) in [5, 5.41) is 5.24. The molecule has 2 aromatic rings. The molecule has 0 spiro atoms. The molecule has 14 heteroatoms. The summed E-state index contributed by atoms with van der Waals surface area (Å²) in [4.78, 5) is 98.8. The first-order valence-corrected chi connectivity index (χ1v) is 20.1. The van der Waals surface area contributed by atoms with Crippen molar-refractivity contribution in [3.8, 4) is 0 Å². The van der Waals surface area contributed by atoms with Gasteiger partial charge in [0.05, 0.1) is 32.8 Å². The summed E-state index contributed by atoms with van der Waals surface area (Å²) in [6.07, 6.45) is 6.47. The molecule has 2 aromatic carbocycles. The molecule has 0 aliphatic heterocycles. The van der Waals surface area contributed by atoms with Crippen molar-refractivity contribution in [2.75, 3.05) is 37.1 Å². The lowest BCUT2D eigenvalue weighted by atomic mass is 9.93. The van der Waals surface area contributed by atoms with Crippen molar-refractivity contribution in [2.24, 2.45) is 17.8 Å². The highest BCUT2D eigenvalue weighted by atomic mass is 16.6. The highest BCUT2D eigenvalue weighted by molar-refractivity contribution is 6.21. The van der Waals surface area contributed by atoms with Crippen LogP contribution in [0, 0.1) is 31.6 Å². The van der Waals surface area contributed by atoms with Gasteiger partial charge in [0.1, 0.15) is 11.6 Å². The molecule has 0 radical (unpaired) electrons. The molecule has 0 fully saturated rings. The van der Waals surface area contributed by atoms with E-state index in [-0.39, 0.29) is 38.6 Å². The molecule has 58 heavy (non-hydrogen) atoms. The quantitative estimate of drug-likeness (QED) is 0.0429. The number of Topliss-reactive ketones (excluding diaryl/α,β-unsaturated/α-hetero) is 3. The van der Waals surface area contributed by atoms with Crippen LogP contribution in [0.4, 0.5) is 16.2 Å². The molecule has 0 saturated heterocycles. The fourth-order valence-electron chi connectivity index (χ4n) is 6.34. The number of ketones is 3. The summed E-state index contributed by atoms with van der Waals surface area (Å²) in [7, 11) is 0. The van der Waals surface area contributed by atoms with E-state index in [2.05, 4.69) is 17.6 Å². The lowest BCUT2D eigenvalue weighted by molar-refractivity contribution is -0.164. The second-order valence-corrected chi connectivity index (χ2v) is 14.3. The maximum atomic E-state index is 13.0. The number of nitrogens with one attached hydrogen (secondary N) is 2. The van der Waals surface area contributed by atoms with Crippen LogP contribution >= 0.6 is 0 Å². The average Bonchev–Trinajstić information content (AvgIpc) is 3.14. The molecular weight excluding hydrogens is 748 g/mol. The van der Waals surface area contributed by atoms with Crippen molar-refractivity contribution in [1.82, 2.24) is 0 Å². The maximum absolute atomic E-state index is 13.0. The molecule has 0 heterocycles. The third-order valence-electron chi connectivity index (χ3n) is 9.65. The van der Waals surface area contributed by atoms with Gasteiger partial charge in [-0.2, -0.15) is 0 Å². The van der Waals surface area contributed by atoms with Crippen molar-refractivity contribution in [1.29, 1.82) is 0 Å². The van der Waals surface area contributed by atoms with Gasteiger partial charge in [0.15, 0.2) is 11.7 Å². The van der Waals surface area contributed by atoms with Crippen molar-refractivity contribution in [2.45, 2.75) is 113 Å². The average molecular weight is 809 g/mol. The first-order valence-electron chi connectivity index (χ1n) is 20.1. The van der Waals surface area contributed by atoms with Gasteiger partial charge >= 0.3 is 24.0 Å². The second kappa shape index (κ2) is 25.8. The topological polar surface area (TPSA) is 198 Å². The Morgan fingerprint density at radius 3 is 1.81 bits per heavy atom. The Balaban J connectivity index is 1.69. The van der Waals surface area contributed by atoms with Crippen LogP contribution in [-0.4, -0.2) is 73.7 Å². The number of hydrogen-bond acceptors (Lipinski definition) is 12. The number of carbonyl (C=O) groups excluding carboxylic acids is 8. The number of carbonyl (C=O) groups is 8. The summed E-state index contributed by atoms with van der Waals surface area (Å²) in [6, 6.07) is 10.2. The third-order valence-corrected chi connectivity index (χ3v) is 9.65. The number of aryl methyl sites for hydroxylation is 2. The van der Waals surface area contributed by atoms with Gasteiger partial charge in [-0.25, -0.2) is 4.79 Å². The zero-order valence-corrected chi connectivity index (χ0v) is 35.0. The molecule has 2 amide bonds. The van der Waals surface area contributed by atoms with E-state index in [1.807, 2.05) is 0 Å². The van der Waals surface area contributed by atoms with Crippen LogP contribution in [0.15, 0.2) is 36.4 Å². The van der Waals surface area contributed by atoms with Crippen molar-refractivity contribution in [3.63, 3.8) is 0 Å². The number of hydrogen-bond donors (Lipinski definition) is 2. The van der Waals surface area contributed by atoms with E-state index in [4.69, 9.17) is 18.9 Å². The van der Waals surface area contributed by atoms with E-state index in [0.717, 1.165) is 50.5 Å². The van der Waals surface area contributed by atoms with Gasteiger partial charge in [-0.05, 0) is 101 Å². The lowest BCUT2D eigenvalue weighted by Gasteiger charge is -2.15. The minimum atomic E-state index is -1.67. The van der Waals surface area contributed by atoms with Crippen LogP contribution in [0.25, 0.3) is 0 Å². The Labute approximate surface area is 341 Å². The van der Waals surface area contributed by atoms with Crippen LogP contribution in [0.3, 0.4) is 0 Å². The van der Waals surface area contributed by atoms with Gasteiger partial charge < -0.3 is 24.3 Å². The molecule has 1 unspecified atom stereocenters. The number of ether oxygens (including phenoxy) is 4. The highest BCUT2D eigenvalue weighted by Crippen LogP contribution is 2.23. The fourth-order valence-corrected chi connectivity index (χ4v) is 6.34. The van der Waals surface area contributed by atoms with E-state index in [1.54, 1.807) is 58.0 Å². The molecule has 318 valence electrons. The molecule has 0 bridgehead atoms. The van der Waals surface area contributed by atoms with E-state index in [1.165, 1.54) is 19.9 Å². The van der Waals surface area contributed by atoms with Gasteiger partial charge in [-0.3, -0.25) is 38.9 Å². The van der Waals surface area contributed by atoms with Crippen LogP contribution in [-0.2, 0) is 65.4 Å². The van der Waals surface area contributed by atoms with Crippen molar-refractivity contribution >= 4 is 58.6 Å². The van der Waals surface area contributed by atoms with E-state index < -0.39 is 53.1 Å². The van der Waals surface area contributed by atoms with Gasteiger partial charge in [0.2, 0.25) is 11.8 Å². The highest BCUT2D eigenvalue weighted by Gasteiger charge is 2.36. The standard InChI is InChI=1S/C44H60N2O12/c1-8-32(16-12-11-14-23-58-44(54)45-35-21-19-29(5)36(27-35)46-41(51)39(30(6)47)31(7)48)17-13-15-22-57-38(50)25-33-20-18-28(4)34(24-33)26-37(49)40(42(52)55-9-2)43(53)56-10-3/h18-21,24,27,32,39-40H,8-17,22-23,25-26H2,1-7H3,(H,45,54)(H,46,51). The molecule has 0 aromatic heterocycles. The first kappa shape index (κ1) is 48.7. The first-order chi connectivity index (χ1) is 27.6. The Hall–Kier alpha value is -5.40. The summed E-state index contributed by atoms with van der Waals surface area (Å²) < 4.78 is 20.7. The maximum Gasteiger partial charge on any atom is 0.411 e. The summed E-state index contributed by atoms with van der Waals surface area (Å²) >= 11 is 0. The van der Waals surface area contributed by atoms with E-state index >= 15 is 0 Å². The van der Waals surface area contributed by atoms with Crippen molar-refractivity contribution < 1.29 is 57.3 Å². The minimum absolute atomic E-state index is 0.0167. The van der Waals surface area contributed by atoms with Crippen LogP contribution in [0.2, 0.25) is 0 Å². The normalized spacial score (nSPS) is 11.4.